The molecule has 0 aromatic carbocycles. The van der Waals surface area contributed by atoms with Crippen molar-refractivity contribution in [3.8, 4) is 0 Å². The highest BCUT2D eigenvalue weighted by molar-refractivity contribution is 7.91. The standard InChI is InChI=1S/C10H23NO3S/c1-4-6-15(13,14)7-5-11-10(8-12)9(2)3/h9-12H,4-8H2,1-3H3. The SMILES string of the molecule is CCCS(=O)(=O)CCNC(CO)C(C)C. The van der Waals surface area contributed by atoms with E-state index in [0.29, 0.717) is 18.9 Å². The number of hydrogen-bond donors (Lipinski definition) is 2. The van der Waals surface area contributed by atoms with Crippen molar-refractivity contribution in [3.63, 3.8) is 0 Å². The molecule has 15 heavy (non-hydrogen) atoms. The van der Waals surface area contributed by atoms with Gasteiger partial charge in [0.15, 0.2) is 9.84 Å². The number of rotatable bonds is 8. The predicted molar refractivity (Wildman–Crippen MR) is 62.7 cm³/mol. The lowest BCUT2D eigenvalue weighted by Gasteiger charge is -2.19. The van der Waals surface area contributed by atoms with Crippen LogP contribution in [0.4, 0.5) is 0 Å². The van der Waals surface area contributed by atoms with Crippen LogP contribution in [0.2, 0.25) is 0 Å². The van der Waals surface area contributed by atoms with Gasteiger partial charge in [0.1, 0.15) is 0 Å². The molecule has 0 radical (unpaired) electrons. The van der Waals surface area contributed by atoms with Crippen LogP contribution in [0.25, 0.3) is 0 Å². The van der Waals surface area contributed by atoms with Gasteiger partial charge < -0.3 is 10.4 Å². The third-order valence-electron chi connectivity index (χ3n) is 2.34. The fourth-order valence-corrected chi connectivity index (χ4v) is 2.58. The van der Waals surface area contributed by atoms with E-state index >= 15 is 0 Å². The smallest absolute Gasteiger partial charge is 0.151 e. The molecule has 1 atom stereocenters. The van der Waals surface area contributed by atoms with E-state index in [1.807, 2.05) is 20.8 Å². The zero-order chi connectivity index (χ0) is 11.9. The van der Waals surface area contributed by atoms with Crippen molar-refractivity contribution in [1.29, 1.82) is 0 Å². The Kier molecular flexibility index (Phi) is 7.13. The highest BCUT2D eigenvalue weighted by Gasteiger charge is 2.13. The first-order valence-corrected chi connectivity index (χ1v) is 7.29. The Morgan fingerprint density at radius 3 is 2.27 bits per heavy atom. The van der Waals surface area contributed by atoms with Gasteiger partial charge in [-0.3, -0.25) is 0 Å². The van der Waals surface area contributed by atoms with E-state index in [1.54, 1.807) is 0 Å². The molecule has 2 N–H and O–H groups in total. The lowest BCUT2D eigenvalue weighted by molar-refractivity contribution is 0.213. The Morgan fingerprint density at radius 1 is 1.27 bits per heavy atom. The summed E-state index contributed by atoms with van der Waals surface area (Å²) in [6.45, 7) is 6.32. The molecule has 0 aliphatic heterocycles. The maximum atomic E-state index is 11.4. The maximum Gasteiger partial charge on any atom is 0.151 e. The van der Waals surface area contributed by atoms with E-state index in [-0.39, 0.29) is 24.2 Å². The summed E-state index contributed by atoms with van der Waals surface area (Å²) in [5.74, 6) is 0.716. The van der Waals surface area contributed by atoms with Crippen molar-refractivity contribution in [1.82, 2.24) is 5.32 Å². The second-order valence-corrected chi connectivity index (χ2v) is 6.44. The van der Waals surface area contributed by atoms with Gasteiger partial charge in [-0.1, -0.05) is 20.8 Å². The Morgan fingerprint density at radius 2 is 1.87 bits per heavy atom. The van der Waals surface area contributed by atoms with E-state index in [1.165, 1.54) is 0 Å². The Bertz CT molecular complexity index is 249. The number of hydrogen-bond acceptors (Lipinski definition) is 4. The van der Waals surface area contributed by atoms with Crippen molar-refractivity contribution < 1.29 is 13.5 Å². The van der Waals surface area contributed by atoms with Crippen LogP contribution in [-0.4, -0.2) is 44.2 Å². The molecule has 0 fully saturated rings. The molecule has 0 heterocycles. The Hall–Kier alpha value is -0.130. The molecule has 4 nitrogen and oxygen atoms in total. The second-order valence-electron chi connectivity index (χ2n) is 4.14. The molecule has 92 valence electrons. The van der Waals surface area contributed by atoms with Gasteiger partial charge >= 0.3 is 0 Å². The van der Waals surface area contributed by atoms with Crippen molar-refractivity contribution in [3.05, 3.63) is 0 Å². The summed E-state index contributed by atoms with van der Waals surface area (Å²) in [6.07, 6.45) is 0.663. The van der Waals surface area contributed by atoms with E-state index in [9.17, 15) is 8.42 Å². The molecule has 1 unspecified atom stereocenters. The van der Waals surface area contributed by atoms with Gasteiger partial charge in [0.05, 0.1) is 12.4 Å². The largest absolute Gasteiger partial charge is 0.395 e. The van der Waals surface area contributed by atoms with E-state index in [0.717, 1.165) is 0 Å². The summed E-state index contributed by atoms with van der Waals surface area (Å²) in [5, 5.41) is 12.1. The number of sulfone groups is 1. The monoisotopic (exact) mass is 237 g/mol. The maximum absolute atomic E-state index is 11.4. The van der Waals surface area contributed by atoms with Gasteiger partial charge in [0.2, 0.25) is 0 Å². The van der Waals surface area contributed by atoms with Crippen molar-refractivity contribution >= 4 is 9.84 Å². The summed E-state index contributed by atoms with van der Waals surface area (Å²) >= 11 is 0. The average Bonchev–Trinajstić information content (AvgIpc) is 2.11. The molecule has 0 amide bonds. The first-order chi connectivity index (χ1) is 6.93. The third-order valence-corrected chi connectivity index (χ3v) is 4.19. The zero-order valence-corrected chi connectivity index (χ0v) is 10.7. The molecule has 0 saturated heterocycles. The van der Waals surface area contributed by atoms with Crippen LogP contribution in [0.15, 0.2) is 0 Å². The summed E-state index contributed by atoms with van der Waals surface area (Å²) in [7, 11) is -2.91. The molecule has 0 spiro atoms. The van der Waals surface area contributed by atoms with Crippen LogP contribution < -0.4 is 5.32 Å². The highest BCUT2D eigenvalue weighted by atomic mass is 32.2. The molecule has 0 aliphatic rings. The molecule has 5 heteroatoms. The number of nitrogens with one attached hydrogen (secondary N) is 1. The Labute approximate surface area is 93.0 Å². The van der Waals surface area contributed by atoms with Crippen molar-refractivity contribution in [2.75, 3.05) is 24.7 Å². The van der Waals surface area contributed by atoms with Crippen molar-refractivity contribution in [2.45, 2.75) is 33.2 Å². The molecule has 0 aliphatic carbocycles. The molecular formula is C10H23NO3S. The number of aliphatic hydroxyl groups is 1. The fraction of sp³-hybridized carbons (Fsp3) is 1.00. The third kappa shape index (κ3) is 6.87. The van der Waals surface area contributed by atoms with Gasteiger partial charge in [-0.15, -0.1) is 0 Å². The molecule has 0 aromatic heterocycles. The van der Waals surface area contributed by atoms with Crippen LogP contribution in [-0.2, 0) is 9.84 Å². The fourth-order valence-electron chi connectivity index (χ4n) is 1.32. The zero-order valence-electron chi connectivity index (χ0n) is 9.86. The normalized spacial score (nSPS) is 14.5. The lowest BCUT2D eigenvalue weighted by Crippen LogP contribution is -2.39. The summed E-state index contributed by atoms with van der Waals surface area (Å²) in [5.41, 5.74) is 0. The van der Waals surface area contributed by atoms with Crippen LogP contribution in [0.5, 0.6) is 0 Å². The predicted octanol–water partition coefficient (Wildman–Crippen LogP) is 0.418. The van der Waals surface area contributed by atoms with Gasteiger partial charge in [0.25, 0.3) is 0 Å². The summed E-state index contributed by atoms with van der Waals surface area (Å²) < 4.78 is 22.7. The summed E-state index contributed by atoms with van der Waals surface area (Å²) in [4.78, 5) is 0. The minimum absolute atomic E-state index is 0.0122. The summed E-state index contributed by atoms with van der Waals surface area (Å²) in [6, 6.07) is -0.0122. The van der Waals surface area contributed by atoms with E-state index in [4.69, 9.17) is 5.11 Å². The average molecular weight is 237 g/mol. The topological polar surface area (TPSA) is 66.4 Å². The minimum atomic E-state index is -2.91. The highest BCUT2D eigenvalue weighted by Crippen LogP contribution is 2.00. The van der Waals surface area contributed by atoms with Gasteiger partial charge in [0, 0.05) is 18.3 Å². The molecule has 0 rings (SSSR count). The van der Waals surface area contributed by atoms with E-state index in [2.05, 4.69) is 5.32 Å². The minimum Gasteiger partial charge on any atom is -0.395 e. The molecule has 0 aromatic rings. The van der Waals surface area contributed by atoms with Gasteiger partial charge in [-0.05, 0) is 12.3 Å². The van der Waals surface area contributed by atoms with Crippen molar-refractivity contribution in [2.24, 2.45) is 5.92 Å². The van der Waals surface area contributed by atoms with Gasteiger partial charge in [-0.2, -0.15) is 0 Å². The van der Waals surface area contributed by atoms with Crippen LogP contribution in [0.1, 0.15) is 27.2 Å². The van der Waals surface area contributed by atoms with Crippen LogP contribution in [0, 0.1) is 5.92 Å². The van der Waals surface area contributed by atoms with Crippen LogP contribution >= 0.6 is 0 Å². The van der Waals surface area contributed by atoms with E-state index < -0.39 is 9.84 Å². The quantitative estimate of drug-likeness (QED) is 0.642. The first-order valence-electron chi connectivity index (χ1n) is 5.47. The second kappa shape index (κ2) is 7.19. The first kappa shape index (κ1) is 14.9. The molecular weight excluding hydrogens is 214 g/mol. The van der Waals surface area contributed by atoms with Gasteiger partial charge in [-0.25, -0.2) is 8.42 Å². The Balaban J connectivity index is 3.87. The molecule has 0 bridgehead atoms. The number of aliphatic hydroxyl groups excluding tert-OH is 1. The van der Waals surface area contributed by atoms with Crippen LogP contribution in [0.3, 0.4) is 0 Å². The lowest BCUT2D eigenvalue weighted by atomic mass is 10.1. The molecule has 0 saturated carbocycles.